The molecule has 1 saturated carbocycles. The number of hydrogen-bond donors (Lipinski definition) is 1. The van der Waals surface area contributed by atoms with Crippen LogP contribution in [0.25, 0.3) is 0 Å². The van der Waals surface area contributed by atoms with Crippen LogP contribution in [0.3, 0.4) is 0 Å². The number of alkyl halides is 3. The van der Waals surface area contributed by atoms with E-state index in [2.05, 4.69) is 20.7 Å². The maximum atomic E-state index is 13.9. The highest BCUT2D eigenvalue weighted by Gasteiger charge is 2.57. The number of rotatable bonds is 3. The number of carbonyl (C=O) groups is 4. The second kappa shape index (κ2) is 9.71. The lowest BCUT2D eigenvalue weighted by molar-refractivity contribution is -0.274. The van der Waals surface area contributed by atoms with Gasteiger partial charge in [-0.15, -0.1) is 13.2 Å². The van der Waals surface area contributed by atoms with E-state index in [4.69, 9.17) is 0 Å². The number of benzene rings is 1. The third-order valence-electron chi connectivity index (χ3n) is 8.85. The molecule has 4 atom stereocenters. The van der Waals surface area contributed by atoms with Crippen LogP contribution in [-0.2, 0) is 19.2 Å². The zero-order valence-corrected chi connectivity index (χ0v) is 22.8. The van der Waals surface area contributed by atoms with Crippen LogP contribution in [0.4, 0.5) is 13.2 Å². The number of imide groups is 1. The van der Waals surface area contributed by atoms with Crippen LogP contribution in [0.1, 0.15) is 56.4 Å². The average Bonchev–Trinajstić information content (AvgIpc) is 3.16. The maximum absolute atomic E-state index is 13.9. The molecule has 2 fully saturated rings. The highest BCUT2D eigenvalue weighted by molar-refractivity contribution is 9.12. The van der Waals surface area contributed by atoms with E-state index >= 15 is 0 Å². The van der Waals surface area contributed by atoms with Crippen molar-refractivity contribution >= 4 is 39.3 Å². The molecule has 1 heterocycles. The number of aromatic hydroxyl groups is 1. The SMILES string of the molecule is O=C1C=C(Br)C(=O)C2=C1[C@@H](c1cc(OC(F)(F)F)ccc1O)C1=CC[C@@H]3C(=O)N(C4CCCCC4)C(=O)[C@@H]3[C@@H]1C2. The first-order valence-electron chi connectivity index (χ1n) is 13.3. The lowest BCUT2D eigenvalue weighted by Crippen LogP contribution is -2.43. The van der Waals surface area contributed by atoms with E-state index in [0.29, 0.717) is 5.57 Å². The quantitative estimate of drug-likeness (QED) is 0.277. The molecule has 2 amide bonds. The number of nitrogens with zero attached hydrogens (tertiary/aromatic N) is 1. The first-order chi connectivity index (χ1) is 19.0. The van der Waals surface area contributed by atoms with Gasteiger partial charge in [-0.3, -0.25) is 24.1 Å². The molecule has 7 nitrogen and oxygen atoms in total. The number of likely N-dealkylation sites (tertiary alicyclic amines) is 1. The van der Waals surface area contributed by atoms with Crippen LogP contribution < -0.4 is 4.74 Å². The Morgan fingerprint density at radius 3 is 2.42 bits per heavy atom. The van der Waals surface area contributed by atoms with Gasteiger partial charge in [0.1, 0.15) is 11.5 Å². The second-order valence-electron chi connectivity index (χ2n) is 11.0. The number of allylic oxidation sites excluding steroid dienone is 6. The number of ether oxygens (including phenoxy) is 1. The fourth-order valence-electron chi connectivity index (χ4n) is 7.25. The summed E-state index contributed by atoms with van der Waals surface area (Å²) < 4.78 is 43.2. The molecule has 1 saturated heterocycles. The maximum Gasteiger partial charge on any atom is 0.573 e. The molecule has 1 aliphatic heterocycles. The summed E-state index contributed by atoms with van der Waals surface area (Å²) in [5.74, 6) is -5.63. The van der Waals surface area contributed by atoms with E-state index in [0.717, 1.165) is 56.4 Å². The zero-order valence-electron chi connectivity index (χ0n) is 21.2. The monoisotopic (exact) mass is 619 g/mol. The van der Waals surface area contributed by atoms with Crippen LogP contribution in [0, 0.1) is 17.8 Å². The summed E-state index contributed by atoms with van der Waals surface area (Å²) in [6.45, 7) is 0. The number of halogens is 4. The Balaban J connectivity index is 1.47. The van der Waals surface area contributed by atoms with E-state index in [1.807, 2.05) is 0 Å². The van der Waals surface area contributed by atoms with Gasteiger partial charge in [0.25, 0.3) is 0 Å². The van der Waals surface area contributed by atoms with Gasteiger partial charge in [-0.05, 0) is 65.7 Å². The number of hydrogen-bond acceptors (Lipinski definition) is 6. The van der Waals surface area contributed by atoms with Gasteiger partial charge < -0.3 is 9.84 Å². The number of phenolic OH excluding ortho intramolecular Hbond substituents is 1. The number of carbonyl (C=O) groups excluding carboxylic acids is 4. The molecule has 1 N–H and O–H groups in total. The Morgan fingerprint density at radius 2 is 1.73 bits per heavy atom. The summed E-state index contributed by atoms with van der Waals surface area (Å²) in [6.07, 6.45) is 2.51. The van der Waals surface area contributed by atoms with Crippen molar-refractivity contribution in [3.63, 3.8) is 0 Å². The van der Waals surface area contributed by atoms with Gasteiger partial charge in [0, 0.05) is 34.7 Å². The van der Waals surface area contributed by atoms with Crippen molar-refractivity contribution in [3.8, 4) is 11.5 Å². The Bertz CT molecular complexity index is 1440. The highest BCUT2D eigenvalue weighted by Crippen LogP contribution is 2.57. The number of fused-ring (bicyclic) bond motifs is 3. The first-order valence-corrected chi connectivity index (χ1v) is 14.1. The fraction of sp³-hybridized carbons (Fsp3) is 0.448. The van der Waals surface area contributed by atoms with E-state index < -0.39 is 47.3 Å². The van der Waals surface area contributed by atoms with Crippen molar-refractivity contribution in [1.82, 2.24) is 4.90 Å². The summed E-state index contributed by atoms with van der Waals surface area (Å²) >= 11 is 3.14. The predicted molar refractivity (Wildman–Crippen MR) is 138 cm³/mol. The van der Waals surface area contributed by atoms with Crippen molar-refractivity contribution in [1.29, 1.82) is 0 Å². The summed E-state index contributed by atoms with van der Waals surface area (Å²) in [7, 11) is 0. The third-order valence-corrected chi connectivity index (χ3v) is 9.44. The number of phenols is 1. The number of Topliss-reactive ketones (excluding diaryl/α,β-unsaturated/α-hetero) is 1. The van der Waals surface area contributed by atoms with Crippen LogP contribution in [0.2, 0.25) is 0 Å². The normalized spacial score (nSPS) is 29.1. The van der Waals surface area contributed by atoms with Crippen LogP contribution >= 0.6 is 15.9 Å². The molecule has 210 valence electrons. The fourth-order valence-corrected chi connectivity index (χ4v) is 7.69. The van der Waals surface area contributed by atoms with Gasteiger partial charge >= 0.3 is 6.36 Å². The number of amides is 2. The van der Waals surface area contributed by atoms with E-state index in [9.17, 15) is 37.5 Å². The van der Waals surface area contributed by atoms with Crippen molar-refractivity contribution in [3.05, 3.63) is 57.1 Å². The lowest BCUT2D eigenvalue weighted by Gasteiger charge is -2.42. The van der Waals surface area contributed by atoms with E-state index in [-0.39, 0.29) is 57.6 Å². The van der Waals surface area contributed by atoms with Gasteiger partial charge in [-0.25, -0.2) is 0 Å². The van der Waals surface area contributed by atoms with Crippen molar-refractivity contribution in [2.75, 3.05) is 0 Å². The molecule has 0 unspecified atom stereocenters. The minimum Gasteiger partial charge on any atom is -0.508 e. The Hall–Kier alpha value is -3.21. The van der Waals surface area contributed by atoms with Gasteiger partial charge in [0.2, 0.25) is 11.8 Å². The minimum atomic E-state index is -4.99. The van der Waals surface area contributed by atoms with Crippen LogP contribution in [-0.4, -0.2) is 45.8 Å². The standard InChI is InChI=1S/C29H25BrF3NO6/c30-20-12-22(36)25-19(26(20)37)11-17-15(23(25)18-10-14(6-9-21(18)35)40-29(31,32)33)7-8-16-24(17)28(39)34(27(16)38)13-4-2-1-3-5-13/h6-7,9-10,12-13,16-17,23-24,35H,1-5,8,11H2/t16-,17+,23+,24-/m0/s1. The van der Waals surface area contributed by atoms with Gasteiger partial charge in [-0.1, -0.05) is 30.9 Å². The first kappa shape index (κ1) is 27.0. The van der Waals surface area contributed by atoms with Gasteiger partial charge in [-0.2, -0.15) is 0 Å². The second-order valence-corrected chi connectivity index (χ2v) is 11.9. The minimum absolute atomic E-state index is 0.0311. The Morgan fingerprint density at radius 1 is 1.00 bits per heavy atom. The molecule has 0 spiro atoms. The molecule has 0 radical (unpaired) electrons. The lowest BCUT2D eigenvalue weighted by atomic mass is 9.59. The van der Waals surface area contributed by atoms with Crippen molar-refractivity contribution in [2.45, 2.75) is 63.3 Å². The van der Waals surface area contributed by atoms with Crippen molar-refractivity contribution in [2.24, 2.45) is 17.8 Å². The molecular formula is C29H25BrF3NO6. The van der Waals surface area contributed by atoms with Crippen LogP contribution in [0.5, 0.6) is 11.5 Å². The highest BCUT2D eigenvalue weighted by atomic mass is 79.9. The van der Waals surface area contributed by atoms with E-state index in [1.165, 1.54) is 4.90 Å². The Kier molecular flexibility index (Phi) is 6.55. The molecule has 1 aromatic rings. The molecule has 0 bridgehead atoms. The smallest absolute Gasteiger partial charge is 0.508 e. The summed E-state index contributed by atoms with van der Waals surface area (Å²) in [6, 6.07) is 2.84. The topological polar surface area (TPSA) is 101 Å². The molecule has 4 aliphatic carbocycles. The van der Waals surface area contributed by atoms with Gasteiger partial charge in [0.15, 0.2) is 11.6 Å². The molecule has 40 heavy (non-hydrogen) atoms. The molecule has 5 aliphatic rings. The van der Waals surface area contributed by atoms with Crippen molar-refractivity contribution < 1.29 is 42.2 Å². The molecule has 6 rings (SSSR count). The zero-order chi connectivity index (χ0) is 28.5. The molecular weight excluding hydrogens is 595 g/mol. The summed E-state index contributed by atoms with van der Waals surface area (Å²) in [5, 5.41) is 10.8. The summed E-state index contributed by atoms with van der Waals surface area (Å²) in [4.78, 5) is 55.4. The number of ketones is 2. The summed E-state index contributed by atoms with van der Waals surface area (Å²) in [5.41, 5.74) is 0.676. The largest absolute Gasteiger partial charge is 0.573 e. The predicted octanol–water partition coefficient (Wildman–Crippen LogP) is 5.39. The van der Waals surface area contributed by atoms with E-state index in [1.54, 1.807) is 6.08 Å². The molecule has 1 aromatic carbocycles. The van der Waals surface area contributed by atoms with Crippen LogP contribution in [0.15, 0.2) is 51.6 Å². The van der Waals surface area contributed by atoms with Gasteiger partial charge in [0.05, 0.1) is 16.3 Å². The third kappa shape index (κ3) is 4.33. The molecule has 0 aromatic heterocycles. The average molecular weight is 620 g/mol. The Labute approximate surface area is 235 Å². The molecule has 11 heteroatoms.